The zero-order chi connectivity index (χ0) is 11.4. The summed E-state index contributed by atoms with van der Waals surface area (Å²) in [6.45, 7) is 2.08. The maximum Gasteiger partial charge on any atom is 0.238 e. The van der Waals surface area contributed by atoms with Crippen molar-refractivity contribution in [3.63, 3.8) is 0 Å². The van der Waals surface area contributed by atoms with Gasteiger partial charge in [0.1, 0.15) is 5.75 Å². The lowest BCUT2D eigenvalue weighted by molar-refractivity contribution is 0.451. The van der Waals surface area contributed by atoms with Gasteiger partial charge in [-0.05, 0) is 24.1 Å². The Morgan fingerprint density at radius 2 is 1.88 bits per heavy atom. The van der Waals surface area contributed by atoms with Gasteiger partial charge in [-0.15, -0.1) is 0 Å². The van der Waals surface area contributed by atoms with E-state index in [0.717, 1.165) is 12.6 Å². The first-order valence-electron chi connectivity index (χ1n) is 5.02. The predicted octanol–water partition coefficient (Wildman–Crippen LogP) is 2.97. The number of aryl methyl sites for hydroxylation is 1. The van der Waals surface area contributed by atoms with Crippen molar-refractivity contribution in [2.75, 3.05) is 0 Å². The van der Waals surface area contributed by atoms with E-state index < -0.39 is 5.95 Å². The van der Waals surface area contributed by atoms with E-state index in [2.05, 4.69) is 16.9 Å². The van der Waals surface area contributed by atoms with Gasteiger partial charge in [0.25, 0.3) is 0 Å². The van der Waals surface area contributed by atoms with Crippen LogP contribution in [0.25, 0.3) is 0 Å². The highest BCUT2D eigenvalue weighted by Crippen LogP contribution is 2.18. The molecule has 0 atom stereocenters. The van der Waals surface area contributed by atoms with Gasteiger partial charge < -0.3 is 4.74 Å². The summed E-state index contributed by atoms with van der Waals surface area (Å²) in [5.41, 5.74) is 1.23. The first-order valence-corrected chi connectivity index (χ1v) is 5.02. The molecule has 1 aromatic carbocycles. The Kier molecular flexibility index (Phi) is 3.10. The Bertz CT molecular complexity index is 453. The summed E-state index contributed by atoms with van der Waals surface area (Å²) >= 11 is 0. The van der Waals surface area contributed by atoms with Crippen molar-refractivity contribution in [3.05, 3.63) is 48.2 Å². The molecule has 16 heavy (non-hydrogen) atoms. The summed E-state index contributed by atoms with van der Waals surface area (Å²) in [7, 11) is 0. The third kappa shape index (κ3) is 2.53. The molecule has 3 nitrogen and oxygen atoms in total. The number of hydrogen-bond donors (Lipinski definition) is 0. The third-order valence-electron chi connectivity index (χ3n) is 2.15. The van der Waals surface area contributed by atoms with E-state index in [1.165, 1.54) is 11.8 Å². The van der Waals surface area contributed by atoms with Crippen molar-refractivity contribution in [1.82, 2.24) is 9.97 Å². The second-order valence-electron chi connectivity index (χ2n) is 3.28. The minimum Gasteiger partial charge on any atom is -0.438 e. The van der Waals surface area contributed by atoms with Gasteiger partial charge in [-0.1, -0.05) is 19.1 Å². The Labute approximate surface area is 92.9 Å². The average Bonchev–Trinajstić information content (AvgIpc) is 2.33. The molecule has 0 unspecified atom stereocenters. The molecular weight excluding hydrogens is 207 g/mol. The van der Waals surface area contributed by atoms with Crippen molar-refractivity contribution < 1.29 is 9.13 Å². The van der Waals surface area contributed by atoms with Crippen molar-refractivity contribution >= 4 is 0 Å². The predicted molar refractivity (Wildman–Crippen MR) is 57.9 cm³/mol. The van der Waals surface area contributed by atoms with Crippen LogP contribution in [-0.4, -0.2) is 9.97 Å². The first-order chi connectivity index (χ1) is 7.78. The number of rotatable bonds is 3. The monoisotopic (exact) mass is 218 g/mol. The number of nitrogens with zero attached hydrogens (tertiary/aromatic N) is 2. The molecule has 1 heterocycles. The fourth-order valence-electron chi connectivity index (χ4n) is 1.27. The molecule has 0 amide bonds. The van der Waals surface area contributed by atoms with Crippen LogP contribution < -0.4 is 4.74 Å². The largest absolute Gasteiger partial charge is 0.438 e. The lowest BCUT2D eigenvalue weighted by atomic mass is 10.2. The van der Waals surface area contributed by atoms with E-state index in [9.17, 15) is 4.39 Å². The average molecular weight is 218 g/mol. The Morgan fingerprint density at radius 3 is 2.44 bits per heavy atom. The summed E-state index contributed by atoms with van der Waals surface area (Å²) in [4.78, 5) is 7.21. The fraction of sp³-hybridized carbons (Fsp3) is 0.167. The zero-order valence-electron chi connectivity index (χ0n) is 8.85. The topological polar surface area (TPSA) is 35.0 Å². The number of aromatic nitrogens is 2. The van der Waals surface area contributed by atoms with Gasteiger partial charge in [-0.2, -0.15) is 4.39 Å². The van der Waals surface area contributed by atoms with Gasteiger partial charge in [0, 0.05) is 0 Å². The highest BCUT2D eigenvalue weighted by molar-refractivity contribution is 5.29. The second kappa shape index (κ2) is 4.70. The standard InChI is InChI=1S/C12H11FN2O/c1-2-9-3-5-10(6-4-9)16-12-8-14-11(13)7-15-12/h3-8H,2H2,1H3. The van der Waals surface area contributed by atoms with E-state index in [0.29, 0.717) is 5.75 Å². The smallest absolute Gasteiger partial charge is 0.238 e. The van der Waals surface area contributed by atoms with Crippen LogP contribution in [0.2, 0.25) is 0 Å². The van der Waals surface area contributed by atoms with Crippen LogP contribution in [0.5, 0.6) is 11.6 Å². The maximum absolute atomic E-state index is 12.5. The minimum atomic E-state index is -0.617. The molecule has 2 rings (SSSR count). The minimum absolute atomic E-state index is 0.283. The summed E-state index contributed by atoms with van der Waals surface area (Å²) in [6, 6.07) is 7.66. The van der Waals surface area contributed by atoms with Crippen LogP contribution in [0.15, 0.2) is 36.7 Å². The molecule has 4 heteroatoms. The molecule has 0 spiro atoms. The molecule has 0 N–H and O–H groups in total. The molecule has 2 aromatic rings. The SMILES string of the molecule is CCc1ccc(Oc2cnc(F)cn2)cc1. The van der Waals surface area contributed by atoms with Crippen molar-refractivity contribution in [3.8, 4) is 11.6 Å². The van der Waals surface area contributed by atoms with E-state index >= 15 is 0 Å². The lowest BCUT2D eigenvalue weighted by Gasteiger charge is -2.04. The molecule has 82 valence electrons. The normalized spacial score (nSPS) is 10.1. The Balaban J connectivity index is 2.11. The van der Waals surface area contributed by atoms with Crippen LogP contribution >= 0.6 is 0 Å². The Morgan fingerprint density at radius 1 is 1.12 bits per heavy atom. The van der Waals surface area contributed by atoms with Crippen LogP contribution in [0, 0.1) is 5.95 Å². The summed E-state index contributed by atoms with van der Waals surface area (Å²) < 4.78 is 17.9. The van der Waals surface area contributed by atoms with Crippen molar-refractivity contribution in [2.45, 2.75) is 13.3 Å². The van der Waals surface area contributed by atoms with Crippen LogP contribution in [0.4, 0.5) is 4.39 Å². The number of hydrogen-bond acceptors (Lipinski definition) is 3. The molecule has 0 aliphatic carbocycles. The number of benzene rings is 1. The van der Waals surface area contributed by atoms with E-state index in [1.807, 2.05) is 24.3 Å². The maximum atomic E-state index is 12.5. The third-order valence-corrected chi connectivity index (χ3v) is 2.15. The van der Waals surface area contributed by atoms with Gasteiger partial charge in [0.2, 0.25) is 11.8 Å². The highest BCUT2D eigenvalue weighted by atomic mass is 19.1. The van der Waals surface area contributed by atoms with E-state index in [1.54, 1.807) is 0 Å². The van der Waals surface area contributed by atoms with Gasteiger partial charge in [-0.25, -0.2) is 9.97 Å². The summed E-state index contributed by atoms with van der Waals surface area (Å²) in [5.74, 6) is 0.331. The fourth-order valence-corrected chi connectivity index (χ4v) is 1.27. The molecular formula is C12H11FN2O. The molecule has 0 aliphatic heterocycles. The second-order valence-corrected chi connectivity index (χ2v) is 3.28. The lowest BCUT2D eigenvalue weighted by Crippen LogP contribution is -1.91. The van der Waals surface area contributed by atoms with E-state index in [-0.39, 0.29) is 5.88 Å². The van der Waals surface area contributed by atoms with Gasteiger partial charge in [0.05, 0.1) is 12.4 Å². The number of ether oxygens (including phenoxy) is 1. The van der Waals surface area contributed by atoms with Gasteiger partial charge >= 0.3 is 0 Å². The molecule has 1 aromatic heterocycles. The van der Waals surface area contributed by atoms with Crippen LogP contribution in [-0.2, 0) is 6.42 Å². The van der Waals surface area contributed by atoms with Crippen LogP contribution in [0.1, 0.15) is 12.5 Å². The van der Waals surface area contributed by atoms with Crippen LogP contribution in [0.3, 0.4) is 0 Å². The van der Waals surface area contributed by atoms with Gasteiger partial charge in [-0.3, -0.25) is 0 Å². The highest BCUT2D eigenvalue weighted by Gasteiger charge is 1.99. The Hall–Kier alpha value is -1.97. The number of halogens is 1. The molecule has 0 radical (unpaired) electrons. The quantitative estimate of drug-likeness (QED) is 0.794. The van der Waals surface area contributed by atoms with Crippen molar-refractivity contribution in [2.24, 2.45) is 0 Å². The molecule has 0 saturated heterocycles. The summed E-state index contributed by atoms with van der Waals surface area (Å²) in [6.07, 6.45) is 3.26. The molecule has 0 saturated carbocycles. The first kappa shape index (κ1) is 10.5. The zero-order valence-corrected chi connectivity index (χ0v) is 8.85. The molecule has 0 fully saturated rings. The van der Waals surface area contributed by atoms with Crippen molar-refractivity contribution in [1.29, 1.82) is 0 Å². The van der Waals surface area contributed by atoms with E-state index in [4.69, 9.17) is 4.74 Å². The molecule has 0 aliphatic rings. The molecule has 0 bridgehead atoms. The summed E-state index contributed by atoms with van der Waals surface area (Å²) in [5, 5.41) is 0. The van der Waals surface area contributed by atoms with Gasteiger partial charge in [0.15, 0.2) is 0 Å².